The summed E-state index contributed by atoms with van der Waals surface area (Å²) in [6.45, 7) is 1.76. The van der Waals surface area contributed by atoms with E-state index in [2.05, 4.69) is 5.32 Å². The third kappa shape index (κ3) is 1.71. The van der Waals surface area contributed by atoms with Crippen LogP contribution in [0.25, 0.3) is 0 Å². The molecule has 0 aliphatic carbocycles. The Labute approximate surface area is 92.0 Å². The molecule has 1 amide bonds. The molecule has 1 aromatic rings. The number of aryl methyl sites for hydroxylation is 1. The van der Waals surface area contributed by atoms with Gasteiger partial charge < -0.3 is 15.2 Å². The Kier molecular flexibility index (Phi) is 2.52. The van der Waals surface area contributed by atoms with Gasteiger partial charge in [-0.1, -0.05) is 12.1 Å². The van der Waals surface area contributed by atoms with Crippen LogP contribution in [-0.4, -0.2) is 29.6 Å². The van der Waals surface area contributed by atoms with Crippen LogP contribution in [0.4, 0.5) is 0 Å². The first kappa shape index (κ1) is 10.5. The zero-order valence-corrected chi connectivity index (χ0v) is 8.69. The monoisotopic (exact) mass is 221 g/mol. The van der Waals surface area contributed by atoms with E-state index in [1.54, 1.807) is 12.1 Å². The summed E-state index contributed by atoms with van der Waals surface area (Å²) in [5.41, 5.74) is 1.20. The van der Waals surface area contributed by atoms with Gasteiger partial charge in [-0.15, -0.1) is 0 Å². The number of carboxylic acid groups (broad SMARTS) is 1. The number of hydrogen-bond acceptors (Lipinski definition) is 3. The SMILES string of the molecule is Cc1cccc2c1OCC(C(=O)O)NC2=O. The Morgan fingerprint density at radius 2 is 2.31 bits per heavy atom. The van der Waals surface area contributed by atoms with Crippen molar-refractivity contribution in [2.24, 2.45) is 0 Å². The molecule has 1 aliphatic rings. The fourth-order valence-electron chi connectivity index (χ4n) is 1.60. The number of rotatable bonds is 1. The van der Waals surface area contributed by atoms with Gasteiger partial charge in [0, 0.05) is 0 Å². The van der Waals surface area contributed by atoms with Crippen molar-refractivity contribution in [3.63, 3.8) is 0 Å². The van der Waals surface area contributed by atoms with Crippen LogP contribution in [0.2, 0.25) is 0 Å². The smallest absolute Gasteiger partial charge is 0.329 e. The van der Waals surface area contributed by atoms with Crippen LogP contribution < -0.4 is 10.1 Å². The van der Waals surface area contributed by atoms with Gasteiger partial charge in [0.1, 0.15) is 12.4 Å². The molecule has 84 valence electrons. The third-order valence-corrected chi connectivity index (χ3v) is 2.45. The highest BCUT2D eigenvalue weighted by atomic mass is 16.5. The molecule has 0 saturated carbocycles. The van der Waals surface area contributed by atoms with Gasteiger partial charge >= 0.3 is 5.97 Å². The topological polar surface area (TPSA) is 75.6 Å². The average molecular weight is 221 g/mol. The summed E-state index contributed by atoms with van der Waals surface area (Å²) in [5, 5.41) is 11.2. The van der Waals surface area contributed by atoms with E-state index in [0.717, 1.165) is 5.56 Å². The lowest BCUT2D eigenvalue weighted by Crippen LogP contribution is -2.42. The Morgan fingerprint density at radius 3 is 3.00 bits per heavy atom. The van der Waals surface area contributed by atoms with Crippen LogP contribution in [0.3, 0.4) is 0 Å². The second-order valence-electron chi connectivity index (χ2n) is 3.63. The van der Waals surface area contributed by atoms with Crippen molar-refractivity contribution < 1.29 is 19.4 Å². The molecular formula is C11H11NO4. The van der Waals surface area contributed by atoms with E-state index in [-0.39, 0.29) is 6.61 Å². The van der Waals surface area contributed by atoms with E-state index in [1.165, 1.54) is 0 Å². The van der Waals surface area contributed by atoms with Gasteiger partial charge in [0.25, 0.3) is 5.91 Å². The molecular weight excluding hydrogens is 210 g/mol. The lowest BCUT2D eigenvalue weighted by molar-refractivity contribution is -0.139. The summed E-state index contributed by atoms with van der Waals surface area (Å²) < 4.78 is 5.36. The van der Waals surface area contributed by atoms with Gasteiger partial charge in [0.15, 0.2) is 6.04 Å². The van der Waals surface area contributed by atoms with Crippen LogP contribution in [-0.2, 0) is 4.79 Å². The van der Waals surface area contributed by atoms with Gasteiger partial charge in [0.2, 0.25) is 0 Å². The fourth-order valence-corrected chi connectivity index (χ4v) is 1.60. The number of amides is 1. The minimum atomic E-state index is -1.10. The molecule has 1 heterocycles. The minimum absolute atomic E-state index is 0.0566. The highest BCUT2D eigenvalue weighted by molar-refractivity contribution is 5.99. The molecule has 0 bridgehead atoms. The molecule has 16 heavy (non-hydrogen) atoms. The summed E-state index contributed by atoms with van der Waals surface area (Å²) in [7, 11) is 0. The van der Waals surface area contributed by atoms with E-state index in [4.69, 9.17) is 9.84 Å². The first-order valence-corrected chi connectivity index (χ1v) is 4.85. The van der Waals surface area contributed by atoms with Crippen molar-refractivity contribution in [3.05, 3.63) is 29.3 Å². The second kappa shape index (κ2) is 3.84. The Bertz CT molecular complexity index is 455. The van der Waals surface area contributed by atoms with E-state index in [1.807, 2.05) is 13.0 Å². The molecule has 5 heteroatoms. The maximum absolute atomic E-state index is 11.7. The summed E-state index contributed by atoms with van der Waals surface area (Å²) in [4.78, 5) is 22.5. The lowest BCUT2D eigenvalue weighted by atomic mass is 10.1. The normalized spacial score (nSPS) is 19.1. The first-order chi connectivity index (χ1) is 7.59. The highest BCUT2D eigenvalue weighted by Gasteiger charge is 2.27. The van der Waals surface area contributed by atoms with Crippen molar-refractivity contribution in [1.29, 1.82) is 0 Å². The number of benzene rings is 1. The largest absolute Gasteiger partial charge is 0.490 e. The first-order valence-electron chi connectivity index (χ1n) is 4.85. The van der Waals surface area contributed by atoms with Gasteiger partial charge in [-0.3, -0.25) is 4.79 Å². The number of carboxylic acids is 1. The molecule has 0 aromatic heterocycles. The number of aliphatic carboxylic acids is 1. The van der Waals surface area contributed by atoms with Crippen molar-refractivity contribution in [2.75, 3.05) is 6.61 Å². The number of nitrogens with one attached hydrogen (secondary N) is 1. The molecule has 0 fully saturated rings. The van der Waals surface area contributed by atoms with Crippen LogP contribution in [0.15, 0.2) is 18.2 Å². The zero-order valence-electron chi connectivity index (χ0n) is 8.69. The predicted molar refractivity (Wildman–Crippen MR) is 55.6 cm³/mol. The van der Waals surface area contributed by atoms with E-state index in [0.29, 0.717) is 11.3 Å². The van der Waals surface area contributed by atoms with Crippen molar-refractivity contribution >= 4 is 11.9 Å². The van der Waals surface area contributed by atoms with Crippen LogP contribution in [0.5, 0.6) is 5.75 Å². The second-order valence-corrected chi connectivity index (χ2v) is 3.63. The van der Waals surface area contributed by atoms with Crippen molar-refractivity contribution in [2.45, 2.75) is 13.0 Å². The van der Waals surface area contributed by atoms with E-state index >= 15 is 0 Å². The number of fused-ring (bicyclic) bond motifs is 1. The quantitative estimate of drug-likeness (QED) is 0.727. The number of carbonyl (C=O) groups excluding carboxylic acids is 1. The van der Waals surface area contributed by atoms with Crippen molar-refractivity contribution in [3.8, 4) is 5.75 Å². The highest BCUT2D eigenvalue weighted by Crippen LogP contribution is 2.25. The summed E-state index contributed by atoms with van der Waals surface area (Å²) in [6.07, 6.45) is 0. The Hall–Kier alpha value is -2.04. The minimum Gasteiger partial charge on any atom is -0.490 e. The number of hydrogen-bond donors (Lipinski definition) is 2. The van der Waals surface area contributed by atoms with Crippen molar-refractivity contribution in [1.82, 2.24) is 5.32 Å². The van der Waals surface area contributed by atoms with Crippen LogP contribution in [0, 0.1) is 6.92 Å². The van der Waals surface area contributed by atoms with E-state index in [9.17, 15) is 9.59 Å². The number of carbonyl (C=O) groups is 2. The molecule has 2 N–H and O–H groups in total. The predicted octanol–water partition coefficient (Wildman–Crippen LogP) is 0.570. The zero-order chi connectivity index (χ0) is 11.7. The molecule has 2 rings (SSSR count). The van der Waals surface area contributed by atoms with Gasteiger partial charge in [-0.05, 0) is 18.6 Å². The Balaban J connectivity index is 2.39. The number of para-hydroxylation sites is 1. The van der Waals surface area contributed by atoms with Gasteiger partial charge in [-0.2, -0.15) is 0 Å². The summed E-state index contributed by atoms with van der Waals surface area (Å²) in [6, 6.07) is 4.16. The molecule has 0 spiro atoms. The molecule has 5 nitrogen and oxygen atoms in total. The Morgan fingerprint density at radius 1 is 1.56 bits per heavy atom. The standard InChI is InChI=1S/C11H11NO4/c1-6-3-2-4-7-9(6)16-5-8(11(14)15)12-10(7)13/h2-4,8H,5H2,1H3,(H,12,13)(H,14,15). The average Bonchev–Trinajstić information content (AvgIpc) is 2.40. The van der Waals surface area contributed by atoms with E-state index < -0.39 is 17.9 Å². The lowest BCUT2D eigenvalue weighted by Gasteiger charge is -2.10. The molecule has 0 radical (unpaired) electrons. The van der Waals surface area contributed by atoms with Crippen LogP contribution >= 0.6 is 0 Å². The summed E-state index contributed by atoms with van der Waals surface area (Å²) >= 11 is 0. The summed E-state index contributed by atoms with van der Waals surface area (Å²) in [5.74, 6) is -1.05. The molecule has 0 saturated heterocycles. The molecule has 1 atom stereocenters. The molecule has 1 aliphatic heterocycles. The fraction of sp³-hybridized carbons (Fsp3) is 0.273. The van der Waals surface area contributed by atoms with Gasteiger partial charge in [-0.25, -0.2) is 4.79 Å². The molecule has 1 aromatic carbocycles. The third-order valence-electron chi connectivity index (χ3n) is 2.45. The van der Waals surface area contributed by atoms with Crippen LogP contribution in [0.1, 0.15) is 15.9 Å². The number of ether oxygens (including phenoxy) is 1. The van der Waals surface area contributed by atoms with Gasteiger partial charge in [0.05, 0.1) is 5.56 Å². The maximum atomic E-state index is 11.7. The maximum Gasteiger partial charge on any atom is 0.329 e. The molecule has 1 unspecified atom stereocenters.